The maximum atomic E-state index is 11.3. The fourth-order valence-electron chi connectivity index (χ4n) is 1.61. The van der Waals surface area contributed by atoms with Crippen LogP contribution in [-0.4, -0.2) is 24.9 Å². The number of ether oxygens (including phenoxy) is 1. The van der Waals surface area contributed by atoms with Crippen molar-refractivity contribution < 1.29 is 9.53 Å². The Labute approximate surface area is 104 Å². The monoisotopic (exact) mass is 257 g/mol. The fourth-order valence-corrected chi connectivity index (χ4v) is 3.03. The Hall–Kier alpha value is -0.710. The minimum absolute atomic E-state index is 0.114. The van der Waals surface area contributed by atoms with E-state index in [4.69, 9.17) is 16.3 Å². The highest BCUT2D eigenvalue weighted by atomic mass is 35.5. The van der Waals surface area contributed by atoms with Crippen LogP contribution in [0.1, 0.15) is 10.9 Å². The zero-order valence-corrected chi connectivity index (χ0v) is 10.3. The highest BCUT2D eigenvalue weighted by Crippen LogP contribution is 2.33. The summed E-state index contributed by atoms with van der Waals surface area (Å²) in [6.45, 7) is 0. The van der Waals surface area contributed by atoms with Gasteiger partial charge in [0.2, 0.25) is 0 Å². The Morgan fingerprint density at radius 3 is 3.12 bits per heavy atom. The summed E-state index contributed by atoms with van der Waals surface area (Å²) in [5.74, 6) is 0.515. The van der Waals surface area contributed by atoms with Crippen LogP contribution >= 0.6 is 23.4 Å². The lowest BCUT2D eigenvalue weighted by atomic mass is 10.2. The standard InChI is InChI=1S/C11H12ClNO2S/c1-15-11(14)9-6-16-10(13-9)7-3-2-4-8(12)5-7/h2-5,9-10,13H,6H2,1H3/t9-,10?/m0/s1. The zero-order chi connectivity index (χ0) is 11.5. The van der Waals surface area contributed by atoms with Gasteiger partial charge in [-0.3, -0.25) is 10.1 Å². The maximum Gasteiger partial charge on any atom is 0.323 e. The number of hydrogen-bond donors (Lipinski definition) is 1. The molecule has 1 aliphatic heterocycles. The van der Waals surface area contributed by atoms with Crippen molar-refractivity contribution in [3.05, 3.63) is 34.9 Å². The molecule has 1 saturated heterocycles. The van der Waals surface area contributed by atoms with Crippen molar-refractivity contribution in [1.82, 2.24) is 5.32 Å². The second-order valence-corrected chi connectivity index (χ2v) is 5.09. The van der Waals surface area contributed by atoms with Crippen LogP contribution in [0.25, 0.3) is 0 Å². The summed E-state index contributed by atoms with van der Waals surface area (Å²) in [4.78, 5) is 11.3. The predicted molar refractivity (Wildman–Crippen MR) is 65.6 cm³/mol. The van der Waals surface area contributed by atoms with Crippen LogP contribution in [0.4, 0.5) is 0 Å². The van der Waals surface area contributed by atoms with Crippen LogP contribution in [0.2, 0.25) is 5.02 Å². The van der Waals surface area contributed by atoms with E-state index < -0.39 is 0 Å². The second kappa shape index (κ2) is 5.08. The molecule has 0 saturated carbocycles. The van der Waals surface area contributed by atoms with Crippen molar-refractivity contribution in [2.75, 3.05) is 12.9 Å². The molecule has 1 aromatic rings. The number of hydrogen-bond acceptors (Lipinski definition) is 4. The summed E-state index contributed by atoms with van der Waals surface area (Å²) < 4.78 is 4.70. The number of carbonyl (C=O) groups is 1. The molecule has 1 aromatic carbocycles. The Morgan fingerprint density at radius 1 is 1.62 bits per heavy atom. The number of nitrogens with one attached hydrogen (secondary N) is 1. The zero-order valence-electron chi connectivity index (χ0n) is 8.77. The molecule has 2 rings (SSSR count). The minimum Gasteiger partial charge on any atom is -0.468 e. The first-order valence-electron chi connectivity index (χ1n) is 4.91. The molecule has 2 atom stereocenters. The molecule has 16 heavy (non-hydrogen) atoms. The van der Waals surface area contributed by atoms with Gasteiger partial charge in [0.1, 0.15) is 6.04 Å². The number of benzene rings is 1. The smallest absolute Gasteiger partial charge is 0.323 e. The summed E-state index contributed by atoms with van der Waals surface area (Å²) in [5.41, 5.74) is 1.09. The molecular formula is C11H12ClNO2S. The highest BCUT2D eigenvalue weighted by molar-refractivity contribution is 7.99. The van der Waals surface area contributed by atoms with Crippen molar-refractivity contribution in [3.8, 4) is 0 Å². The topological polar surface area (TPSA) is 38.3 Å². The number of rotatable bonds is 2. The summed E-state index contributed by atoms with van der Waals surface area (Å²) in [7, 11) is 1.40. The quantitative estimate of drug-likeness (QED) is 0.825. The molecule has 5 heteroatoms. The van der Waals surface area contributed by atoms with Crippen molar-refractivity contribution >= 4 is 29.3 Å². The molecule has 1 unspecified atom stereocenters. The summed E-state index contributed by atoms with van der Waals surface area (Å²) in [6.07, 6.45) is 0. The van der Waals surface area contributed by atoms with Gasteiger partial charge in [-0.15, -0.1) is 11.8 Å². The maximum absolute atomic E-state index is 11.3. The fraction of sp³-hybridized carbons (Fsp3) is 0.364. The summed E-state index contributed by atoms with van der Waals surface area (Å²) in [6, 6.07) is 7.43. The number of methoxy groups -OCH3 is 1. The first-order valence-corrected chi connectivity index (χ1v) is 6.34. The van der Waals surface area contributed by atoms with Gasteiger partial charge in [-0.25, -0.2) is 0 Å². The molecule has 0 aliphatic carbocycles. The van der Waals surface area contributed by atoms with Crippen molar-refractivity contribution in [2.45, 2.75) is 11.4 Å². The lowest BCUT2D eigenvalue weighted by Gasteiger charge is -2.12. The normalized spacial score (nSPS) is 24.4. The van der Waals surface area contributed by atoms with E-state index in [9.17, 15) is 4.79 Å². The Kier molecular flexibility index (Phi) is 3.74. The largest absolute Gasteiger partial charge is 0.468 e. The molecule has 1 heterocycles. The lowest BCUT2D eigenvalue weighted by molar-refractivity contribution is -0.142. The minimum atomic E-state index is -0.223. The molecule has 86 valence electrons. The molecular weight excluding hydrogens is 246 g/mol. The summed E-state index contributed by atoms with van der Waals surface area (Å²) >= 11 is 7.61. The number of esters is 1. The van der Waals surface area contributed by atoms with Crippen LogP contribution in [0.3, 0.4) is 0 Å². The molecule has 1 fully saturated rings. The lowest BCUT2D eigenvalue weighted by Crippen LogP contribution is -2.34. The molecule has 1 aliphatic rings. The molecule has 0 radical (unpaired) electrons. The van der Waals surface area contributed by atoms with Crippen molar-refractivity contribution in [1.29, 1.82) is 0 Å². The van der Waals surface area contributed by atoms with E-state index >= 15 is 0 Å². The van der Waals surface area contributed by atoms with Gasteiger partial charge in [-0.2, -0.15) is 0 Å². The average molecular weight is 258 g/mol. The van der Waals surface area contributed by atoms with Gasteiger partial charge in [0.25, 0.3) is 0 Å². The first-order chi connectivity index (χ1) is 7.70. The number of halogens is 1. The van der Waals surface area contributed by atoms with Crippen LogP contribution in [0.15, 0.2) is 24.3 Å². The van der Waals surface area contributed by atoms with Gasteiger partial charge in [0.15, 0.2) is 0 Å². The SMILES string of the molecule is COC(=O)[C@@H]1CSC(c2cccc(Cl)c2)N1. The second-order valence-electron chi connectivity index (χ2n) is 3.51. The van der Waals surface area contributed by atoms with Crippen molar-refractivity contribution in [3.63, 3.8) is 0 Å². The predicted octanol–water partition coefficient (Wildman–Crippen LogP) is 2.22. The van der Waals surface area contributed by atoms with Crippen LogP contribution in [-0.2, 0) is 9.53 Å². The van der Waals surface area contributed by atoms with E-state index in [0.717, 1.165) is 11.3 Å². The van der Waals surface area contributed by atoms with E-state index in [-0.39, 0.29) is 17.4 Å². The number of carbonyl (C=O) groups excluding carboxylic acids is 1. The molecule has 0 aromatic heterocycles. The van der Waals surface area contributed by atoms with E-state index in [0.29, 0.717) is 5.02 Å². The Morgan fingerprint density at radius 2 is 2.44 bits per heavy atom. The number of thioether (sulfide) groups is 1. The molecule has 1 N–H and O–H groups in total. The molecule has 0 bridgehead atoms. The van der Waals surface area contributed by atoms with Gasteiger partial charge in [-0.05, 0) is 17.7 Å². The third-order valence-electron chi connectivity index (χ3n) is 2.42. The highest BCUT2D eigenvalue weighted by Gasteiger charge is 2.31. The average Bonchev–Trinajstić information content (AvgIpc) is 2.77. The van der Waals surface area contributed by atoms with Crippen LogP contribution < -0.4 is 5.32 Å². The van der Waals surface area contributed by atoms with E-state index in [1.165, 1.54) is 7.11 Å². The van der Waals surface area contributed by atoms with Gasteiger partial charge >= 0.3 is 5.97 Å². The van der Waals surface area contributed by atoms with Crippen LogP contribution in [0.5, 0.6) is 0 Å². The van der Waals surface area contributed by atoms with Crippen molar-refractivity contribution in [2.24, 2.45) is 0 Å². The van der Waals surface area contributed by atoms with Crippen LogP contribution in [0, 0.1) is 0 Å². The third kappa shape index (κ3) is 2.51. The molecule has 0 spiro atoms. The van der Waals surface area contributed by atoms with E-state index in [1.54, 1.807) is 11.8 Å². The summed E-state index contributed by atoms with van der Waals surface area (Å²) in [5, 5.41) is 4.04. The third-order valence-corrected chi connectivity index (χ3v) is 3.92. The molecule has 0 amide bonds. The van der Waals surface area contributed by atoms with Gasteiger partial charge in [0, 0.05) is 10.8 Å². The Bertz CT molecular complexity index is 399. The van der Waals surface area contributed by atoms with Gasteiger partial charge in [-0.1, -0.05) is 23.7 Å². The first kappa shape index (κ1) is 11.8. The van der Waals surface area contributed by atoms with E-state index in [2.05, 4.69) is 5.32 Å². The Balaban J connectivity index is 2.06. The molecule has 3 nitrogen and oxygen atoms in total. The van der Waals surface area contributed by atoms with Gasteiger partial charge in [0.05, 0.1) is 12.5 Å². The van der Waals surface area contributed by atoms with Gasteiger partial charge < -0.3 is 4.74 Å². The van der Waals surface area contributed by atoms with E-state index in [1.807, 2.05) is 24.3 Å².